The molecule has 1 aromatic carbocycles. The number of rotatable bonds is 7. The first-order valence-corrected chi connectivity index (χ1v) is 7.70. The molecule has 19 heavy (non-hydrogen) atoms. The molecule has 106 valence electrons. The van der Waals surface area contributed by atoms with Gasteiger partial charge in [-0.25, -0.2) is 0 Å². The summed E-state index contributed by atoms with van der Waals surface area (Å²) in [4.78, 5) is 0. The van der Waals surface area contributed by atoms with Crippen LogP contribution >= 0.6 is 0 Å². The number of nitrogens with one attached hydrogen (secondary N) is 1. The van der Waals surface area contributed by atoms with Crippen LogP contribution in [0.25, 0.3) is 0 Å². The Balaban J connectivity index is 1.84. The maximum absolute atomic E-state index is 5.92. The molecular formula is C17H27NO. The van der Waals surface area contributed by atoms with Gasteiger partial charge in [-0.1, -0.05) is 44.9 Å². The largest absolute Gasteiger partial charge is 0.493 e. The first kappa shape index (κ1) is 14.4. The summed E-state index contributed by atoms with van der Waals surface area (Å²) in [5.41, 5.74) is 1.29. The molecule has 0 aliphatic heterocycles. The number of para-hydroxylation sites is 1. The van der Waals surface area contributed by atoms with E-state index in [-0.39, 0.29) is 0 Å². The Bertz CT molecular complexity index is 369. The van der Waals surface area contributed by atoms with Gasteiger partial charge in [0.2, 0.25) is 0 Å². The molecule has 2 rings (SSSR count). The van der Waals surface area contributed by atoms with Crippen LogP contribution in [0.2, 0.25) is 0 Å². The molecule has 0 unspecified atom stereocenters. The zero-order valence-corrected chi connectivity index (χ0v) is 12.3. The molecule has 0 saturated heterocycles. The Morgan fingerprint density at radius 3 is 2.68 bits per heavy atom. The molecule has 0 heterocycles. The Hall–Kier alpha value is -1.02. The summed E-state index contributed by atoms with van der Waals surface area (Å²) < 4.78 is 5.92. The highest BCUT2D eigenvalue weighted by Gasteiger charge is 2.14. The van der Waals surface area contributed by atoms with Crippen molar-refractivity contribution in [3.05, 3.63) is 29.8 Å². The van der Waals surface area contributed by atoms with Crippen molar-refractivity contribution >= 4 is 0 Å². The number of hydrogen-bond donors (Lipinski definition) is 1. The third-order valence-electron chi connectivity index (χ3n) is 3.86. The van der Waals surface area contributed by atoms with E-state index in [9.17, 15) is 0 Å². The second-order valence-corrected chi connectivity index (χ2v) is 6.00. The standard InChI is InChI=1S/C17H27NO/c1-14(2)11-12-19-17-10-6-3-7-15(17)13-18-16-8-4-5-9-16/h3,6-7,10,14,16,18H,4-5,8-9,11-13H2,1-2H3. The van der Waals surface area contributed by atoms with Crippen molar-refractivity contribution in [1.82, 2.24) is 5.32 Å². The van der Waals surface area contributed by atoms with Gasteiger partial charge in [-0.2, -0.15) is 0 Å². The quantitative estimate of drug-likeness (QED) is 0.796. The highest BCUT2D eigenvalue weighted by atomic mass is 16.5. The molecular weight excluding hydrogens is 234 g/mol. The minimum atomic E-state index is 0.698. The summed E-state index contributed by atoms with van der Waals surface area (Å²) in [6, 6.07) is 9.13. The highest BCUT2D eigenvalue weighted by molar-refractivity contribution is 5.33. The highest BCUT2D eigenvalue weighted by Crippen LogP contribution is 2.21. The lowest BCUT2D eigenvalue weighted by molar-refractivity contribution is 0.286. The molecule has 0 bridgehead atoms. The second kappa shape index (κ2) is 7.54. The summed E-state index contributed by atoms with van der Waals surface area (Å²) in [6.07, 6.45) is 6.53. The van der Waals surface area contributed by atoms with Gasteiger partial charge in [-0.15, -0.1) is 0 Å². The van der Waals surface area contributed by atoms with Crippen molar-refractivity contribution in [2.45, 2.75) is 58.5 Å². The van der Waals surface area contributed by atoms with Gasteiger partial charge < -0.3 is 10.1 Å². The molecule has 1 aliphatic carbocycles. The van der Waals surface area contributed by atoms with Gasteiger partial charge in [0.1, 0.15) is 5.75 Å². The van der Waals surface area contributed by atoms with Crippen LogP contribution in [0.15, 0.2) is 24.3 Å². The molecule has 1 saturated carbocycles. The summed E-state index contributed by atoms with van der Waals surface area (Å²) in [7, 11) is 0. The topological polar surface area (TPSA) is 21.3 Å². The number of ether oxygens (including phenoxy) is 1. The normalized spacial score (nSPS) is 16.2. The molecule has 0 amide bonds. The maximum Gasteiger partial charge on any atom is 0.123 e. The van der Waals surface area contributed by atoms with Gasteiger partial charge >= 0.3 is 0 Å². The van der Waals surface area contributed by atoms with Crippen molar-refractivity contribution in [3.8, 4) is 5.75 Å². The summed E-state index contributed by atoms with van der Waals surface area (Å²) >= 11 is 0. The monoisotopic (exact) mass is 261 g/mol. The smallest absolute Gasteiger partial charge is 0.123 e. The van der Waals surface area contributed by atoms with Crippen LogP contribution in [0.4, 0.5) is 0 Å². The van der Waals surface area contributed by atoms with E-state index < -0.39 is 0 Å². The fourth-order valence-electron chi connectivity index (χ4n) is 2.58. The first-order valence-electron chi connectivity index (χ1n) is 7.70. The van der Waals surface area contributed by atoms with Crippen LogP contribution in [0.5, 0.6) is 5.75 Å². The molecule has 0 radical (unpaired) electrons. The molecule has 2 heteroatoms. The molecule has 1 N–H and O–H groups in total. The maximum atomic E-state index is 5.92. The van der Waals surface area contributed by atoms with Gasteiger partial charge in [-0.05, 0) is 31.2 Å². The SMILES string of the molecule is CC(C)CCOc1ccccc1CNC1CCCC1. The van der Waals surface area contributed by atoms with Crippen LogP contribution < -0.4 is 10.1 Å². The van der Waals surface area contributed by atoms with E-state index in [1.807, 2.05) is 0 Å². The number of hydrogen-bond acceptors (Lipinski definition) is 2. The molecule has 1 aliphatic rings. The zero-order valence-electron chi connectivity index (χ0n) is 12.3. The van der Waals surface area contributed by atoms with E-state index in [0.717, 1.165) is 25.3 Å². The predicted octanol–water partition coefficient (Wildman–Crippen LogP) is 4.14. The molecule has 0 aromatic heterocycles. The van der Waals surface area contributed by atoms with E-state index in [0.29, 0.717) is 12.0 Å². The third-order valence-corrected chi connectivity index (χ3v) is 3.86. The van der Waals surface area contributed by atoms with Crippen LogP contribution in [-0.4, -0.2) is 12.6 Å². The van der Waals surface area contributed by atoms with Crippen LogP contribution in [-0.2, 0) is 6.54 Å². The van der Waals surface area contributed by atoms with Crippen LogP contribution in [0.3, 0.4) is 0 Å². The Labute approximate surface area is 117 Å². The van der Waals surface area contributed by atoms with Gasteiger partial charge in [0.05, 0.1) is 6.61 Å². The van der Waals surface area contributed by atoms with E-state index in [4.69, 9.17) is 4.74 Å². The average Bonchev–Trinajstić information content (AvgIpc) is 2.90. The fraction of sp³-hybridized carbons (Fsp3) is 0.647. The lowest BCUT2D eigenvalue weighted by atomic mass is 10.1. The van der Waals surface area contributed by atoms with E-state index in [1.165, 1.54) is 31.2 Å². The molecule has 0 spiro atoms. The van der Waals surface area contributed by atoms with Crippen LogP contribution in [0.1, 0.15) is 51.5 Å². The lowest BCUT2D eigenvalue weighted by Crippen LogP contribution is -2.25. The Kier molecular flexibility index (Phi) is 5.71. The first-order chi connectivity index (χ1) is 9.25. The summed E-state index contributed by atoms with van der Waals surface area (Å²) in [5, 5.41) is 3.66. The van der Waals surface area contributed by atoms with Gasteiger partial charge in [0, 0.05) is 18.2 Å². The predicted molar refractivity (Wildman–Crippen MR) is 80.5 cm³/mol. The minimum absolute atomic E-state index is 0.698. The minimum Gasteiger partial charge on any atom is -0.493 e. The Morgan fingerprint density at radius 2 is 1.95 bits per heavy atom. The molecule has 0 atom stereocenters. The van der Waals surface area contributed by atoms with Gasteiger partial charge in [0.15, 0.2) is 0 Å². The van der Waals surface area contributed by atoms with Crippen LogP contribution in [0, 0.1) is 5.92 Å². The average molecular weight is 261 g/mol. The molecule has 1 aromatic rings. The second-order valence-electron chi connectivity index (χ2n) is 6.00. The van der Waals surface area contributed by atoms with Gasteiger partial charge in [0.25, 0.3) is 0 Å². The van der Waals surface area contributed by atoms with Crippen molar-refractivity contribution < 1.29 is 4.74 Å². The van der Waals surface area contributed by atoms with Crippen molar-refractivity contribution in [3.63, 3.8) is 0 Å². The lowest BCUT2D eigenvalue weighted by Gasteiger charge is -2.15. The van der Waals surface area contributed by atoms with Crippen molar-refractivity contribution in [2.24, 2.45) is 5.92 Å². The Morgan fingerprint density at radius 1 is 1.21 bits per heavy atom. The molecule has 1 fully saturated rings. The molecule has 2 nitrogen and oxygen atoms in total. The van der Waals surface area contributed by atoms with Crippen molar-refractivity contribution in [2.75, 3.05) is 6.61 Å². The summed E-state index contributed by atoms with van der Waals surface area (Å²) in [6.45, 7) is 6.22. The van der Waals surface area contributed by atoms with Gasteiger partial charge in [-0.3, -0.25) is 0 Å². The van der Waals surface area contributed by atoms with E-state index >= 15 is 0 Å². The summed E-state index contributed by atoms with van der Waals surface area (Å²) in [5.74, 6) is 1.75. The number of benzene rings is 1. The third kappa shape index (κ3) is 4.87. The van der Waals surface area contributed by atoms with E-state index in [2.05, 4.69) is 43.4 Å². The van der Waals surface area contributed by atoms with Crippen molar-refractivity contribution in [1.29, 1.82) is 0 Å². The zero-order chi connectivity index (χ0) is 13.5. The fourth-order valence-corrected chi connectivity index (χ4v) is 2.58. The van der Waals surface area contributed by atoms with E-state index in [1.54, 1.807) is 0 Å².